The molecule has 1 aliphatic heterocycles. The molecule has 2 heterocycles. The molecule has 1 aromatic carbocycles. The molecule has 2 aromatic rings. The molecule has 174 valence electrons. The van der Waals surface area contributed by atoms with E-state index in [2.05, 4.69) is 38.5 Å². The number of halogens is 1. The molecule has 1 saturated carbocycles. The van der Waals surface area contributed by atoms with Gasteiger partial charge in [0, 0.05) is 23.3 Å². The van der Waals surface area contributed by atoms with Crippen molar-refractivity contribution in [3.05, 3.63) is 28.8 Å². The van der Waals surface area contributed by atoms with Gasteiger partial charge in [0.1, 0.15) is 0 Å². The Bertz CT molecular complexity index is 894. The summed E-state index contributed by atoms with van der Waals surface area (Å²) in [6.45, 7) is 6.14. The lowest BCUT2D eigenvalue weighted by Gasteiger charge is -2.35. The van der Waals surface area contributed by atoms with Gasteiger partial charge in [-0.15, -0.1) is 0 Å². The van der Waals surface area contributed by atoms with E-state index in [0.29, 0.717) is 23.9 Å². The van der Waals surface area contributed by atoms with Crippen LogP contribution in [-0.4, -0.2) is 40.1 Å². The van der Waals surface area contributed by atoms with Gasteiger partial charge in [-0.3, -0.25) is 0 Å². The van der Waals surface area contributed by atoms with E-state index in [1.165, 1.54) is 38.5 Å². The summed E-state index contributed by atoms with van der Waals surface area (Å²) in [4.78, 5) is 16.0. The lowest BCUT2D eigenvalue weighted by Crippen LogP contribution is -2.46. The normalized spacial score (nSPS) is 20.3. The lowest BCUT2D eigenvalue weighted by molar-refractivity contribution is 0.373. The second-order valence-corrected chi connectivity index (χ2v) is 9.59. The van der Waals surface area contributed by atoms with Crippen LogP contribution in [0, 0.1) is 12.8 Å². The highest BCUT2D eigenvalue weighted by Crippen LogP contribution is 2.33. The van der Waals surface area contributed by atoms with Crippen molar-refractivity contribution in [2.75, 3.05) is 29.0 Å². The summed E-state index contributed by atoms with van der Waals surface area (Å²) in [6, 6.07) is 6.69. The number of benzene rings is 1. The predicted molar refractivity (Wildman–Crippen MR) is 133 cm³/mol. The van der Waals surface area contributed by atoms with Crippen molar-refractivity contribution in [2.24, 2.45) is 5.92 Å². The van der Waals surface area contributed by atoms with Gasteiger partial charge in [0.2, 0.25) is 17.8 Å². The van der Waals surface area contributed by atoms with Gasteiger partial charge in [0.25, 0.3) is 0 Å². The van der Waals surface area contributed by atoms with Crippen LogP contribution in [0.15, 0.2) is 18.2 Å². The van der Waals surface area contributed by atoms with Gasteiger partial charge in [0.15, 0.2) is 0 Å². The third kappa shape index (κ3) is 5.44. The lowest BCUT2D eigenvalue weighted by atomic mass is 9.89. The number of aryl methyl sites for hydroxylation is 1. The van der Waals surface area contributed by atoms with Crippen LogP contribution < -0.4 is 21.3 Å². The fourth-order valence-corrected chi connectivity index (χ4v) is 5.24. The highest BCUT2D eigenvalue weighted by atomic mass is 35.5. The molecule has 0 amide bonds. The van der Waals surface area contributed by atoms with Crippen molar-refractivity contribution in [3.63, 3.8) is 0 Å². The minimum absolute atomic E-state index is 0.185. The van der Waals surface area contributed by atoms with E-state index in [9.17, 15) is 0 Å². The van der Waals surface area contributed by atoms with E-state index in [0.717, 1.165) is 42.2 Å². The molecule has 1 aliphatic carbocycles. The number of nitrogens with two attached hydrogens (primary N) is 1. The summed E-state index contributed by atoms with van der Waals surface area (Å²) >= 11 is 6.52. The van der Waals surface area contributed by atoms with Gasteiger partial charge < -0.3 is 21.3 Å². The molecular formula is C24H36ClN7. The van der Waals surface area contributed by atoms with E-state index in [-0.39, 0.29) is 12.0 Å². The highest BCUT2D eigenvalue weighted by Gasteiger charge is 2.32. The quantitative estimate of drug-likeness (QED) is 0.509. The van der Waals surface area contributed by atoms with E-state index in [1.54, 1.807) is 0 Å². The van der Waals surface area contributed by atoms with E-state index < -0.39 is 0 Å². The second-order valence-electron chi connectivity index (χ2n) is 9.18. The molecule has 0 bridgehead atoms. The van der Waals surface area contributed by atoms with Crippen LogP contribution in [0.2, 0.25) is 5.02 Å². The molecule has 2 aliphatic rings. The van der Waals surface area contributed by atoms with Gasteiger partial charge in [-0.05, 0) is 69.2 Å². The number of rotatable bonds is 8. The zero-order valence-electron chi connectivity index (χ0n) is 19.3. The van der Waals surface area contributed by atoms with Crippen molar-refractivity contribution >= 4 is 35.1 Å². The summed E-state index contributed by atoms with van der Waals surface area (Å²) < 4.78 is 0. The van der Waals surface area contributed by atoms with E-state index in [4.69, 9.17) is 22.3 Å². The molecule has 2 atom stereocenters. The number of hydrogen-bond acceptors (Lipinski definition) is 7. The summed E-state index contributed by atoms with van der Waals surface area (Å²) in [5.41, 5.74) is 8.19. The fraction of sp³-hybridized carbons (Fsp3) is 0.625. The van der Waals surface area contributed by atoms with Gasteiger partial charge in [0.05, 0.1) is 6.04 Å². The average molecular weight is 458 g/mol. The van der Waals surface area contributed by atoms with Crippen molar-refractivity contribution in [3.8, 4) is 0 Å². The number of nitrogens with zero attached hydrogens (tertiary/aromatic N) is 4. The first-order valence-electron chi connectivity index (χ1n) is 12.1. The Kier molecular flexibility index (Phi) is 7.68. The molecule has 0 radical (unpaired) electrons. The molecule has 1 saturated heterocycles. The smallest absolute Gasteiger partial charge is 0.236 e. The summed E-state index contributed by atoms with van der Waals surface area (Å²) in [7, 11) is 0. The first-order valence-corrected chi connectivity index (χ1v) is 12.5. The SMILES string of the molecule is CCC(C1CCCN1)N(c1ccc(C)c(Cl)c1)c1nc(N)nc(NCC2CCCCC2)n1. The summed E-state index contributed by atoms with van der Waals surface area (Å²) in [5, 5.41) is 7.83. The number of hydrogen-bond donors (Lipinski definition) is 3. The Morgan fingerprint density at radius 3 is 2.66 bits per heavy atom. The van der Waals surface area contributed by atoms with Gasteiger partial charge in [-0.2, -0.15) is 15.0 Å². The van der Waals surface area contributed by atoms with Crippen molar-refractivity contribution < 1.29 is 0 Å². The van der Waals surface area contributed by atoms with Gasteiger partial charge in [-0.25, -0.2) is 0 Å². The Balaban J connectivity index is 1.66. The first kappa shape index (κ1) is 23.1. The summed E-state index contributed by atoms with van der Waals surface area (Å²) in [5.74, 6) is 2.03. The number of nitrogens with one attached hydrogen (secondary N) is 2. The molecule has 0 spiro atoms. The zero-order valence-corrected chi connectivity index (χ0v) is 20.0. The van der Waals surface area contributed by atoms with Gasteiger partial charge >= 0.3 is 0 Å². The van der Waals surface area contributed by atoms with Crippen molar-refractivity contribution in [1.82, 2.24) is 20.3 Å². The Morgan fingerprint density at radius 2 is 1.97 bits per heavy atom. The molecular weight excluding hydrogens is 422 g/mol. The minimum Gasteiger partial charge on any atom is -0.368 e. The van der Waals surface area contributed by atoms with Crippen LogP contribution in [0.4, 0.5) is 23.5 Å². The Labute approximate surface area is 196 Å². The predicted octanol–water partition coefficient (Wildman–Crippen LogP) is 5.08. The number of nitrogen functional groups attached to an aromatic ring is 1. The van der Waals surface area contributed by atoms with Crippen LogP contribution >= 0.6 is 11.6 Å². The maximum absolute atomic E-state index is 6.52. The average Bonchev–Trinajstić information content (AvgIpc) is 3.33. The van der Waals surface area contributed by atoms with Crippen LogP contribution in [-0.2, 0) is 0 Å². The third-order valence-corrected chi connectivity index (χ3v) is 7.28. The monoisotopic (exact) mass is 457 g/mol. The van der Waals surface area contributed by atoms with Crippen molar-refractivity contribution in [1.29, 1.82) is 0 Å². The summed E-state index contributed by atoms with van der Waals surface area (Å²) in [6.07, 6.45) is 9.75. The molecule has 2 unspecified atom stereocenters. The largest absolute Gasteiger partial charge is 0.368 e. The minimum atomic E-state index is 0.185. The number of aromatic nitrogens is 3. The number of anilines is 4. The zero-order chi connectivity index (χ0) is 22.5. The van der Waals surface area contributed by atoms with E-state index in [1.807, 2.05) is 19.1 Å². The molecule has 32 heavy (non-hydrogen) atoms. The Morgan fingerprint density at radius 1 is 1.16 bits per heavy atom. The fourth-order valence-electron chi connectivity index (χ4n) is 5.07. The first-order chi connectivity index (χ1) is 15.5. The maximum atomic E-state index is 6.52. The van der Waals surface area contributed by atoms with Crippen molar-refractivity contribution in [2.45, 2.75) is 77.3 Å². The van der Waals surface area contributed by atoms with Crippen LogP contribution in [0.25, 0.3) is 0 Å². The van der Waals surface area contributed by atoms with Crippen LogP contribution in [0.3, 0.4) is 0 Å². The third-order valence-electron chi connectivity index (χ3n) is 6.88. The molecule has 2 fully saturated rings. The molecule has 8 heteroatoms. The highest BCUT2D eigenvalue weighted by molar-refractivity contribution is 6.31. The standard InChI is InChI=1S/C24H36ClN7/c1-3-21(20-10-7-13-27-20)32(18-12-11-16(2)19(25)14-18)24-30-22(26)29-23(31-24)28-15-17-8-5-4-6-9-17/h11-12,14,17,20-21,27H,3-10,13,15H2,1-2H3,(H3,26,28,29,30,31). The molecule has 1 aromatic heterocycles. The van der Waals surface area contributed by atoms with Gasteiger partial charge in [-0.1, -0.05) is 43.9 Å². The molecule has 4 N–H and O–H groups in total. The second kappa shape index (κ2) is 10.7. The molecule has 4 rings (SSSR count). The van der Waals surface area contributed by atoms with Crippen LogP contribution in [0.5, 0.6) is 0 Å². The topological polar surface area (TPSA) is 92.0 Å². The molecule has 7 nitrogen and oxygen atoms in total. The van der Waals surface area contributed by atoms with Crippen LogP contribution in [0.1, 0.15) is 63.9 Å². The Hall–Kier alpha value is -2.12. The van der Waals surface area contributed by atoms with E-state index >= 15 is 0 Å². The maximum Gasteiger partial charge on any atom is 0.236 e.